The molecule has 0 fully saturated rings. The third-order valence-electron chi connectivity index (χ3n) is 4.60. The van der Waals surface area contributed by atoms with Crippen LogP contribution in [0, 0.1) is 5.92 Å². The predicted molar refractivity (Wildman–Crippen MR) is 102 cm³/mol. The molecule has 2 rings (SSSR count). The SMILES string of the molecule is CCC(C)Cn1c(CCCCCNC(=O)COC)nc2ccccc21. The fourth-order valence-corrected chi connectivity index (χ4v) is 2.96. The maximum atomic E-state index is 11.3. The van der Waals surface area contributed by atoms with Crippen LogP contribution in [0.1, 0.15) is 45.4 Å². The fourth-order valence-electron chi connectivity index (χ4n) is 2.96. The molecule has 0 aliphatic rings. The number of imidazole rings is 1. The number of ether oxygens (including phenoxy) is 1. The number of para-hydroxylation sites is 2. The van der Waals surface area contributed by atoms with E-state index in [2.05, 4.69) is 48.0 Å². The summed E-state index contributed by atoms with van der Waals surface area (Å²) in [7, 11) is 1.53. The van der Waals surface area contributed by atoms with Crippen molar-refractivity contribution < 1.29 is 9.53 Å². The molecule has 0 spiro atoms. The van der Waals surface area contributed by atoms with Crippen molar-refractivity contribution in [3.63, 3.8) is 0 Å². The van der Waals surface area contributed by atoms with Crippen LogP contribution in [-0.2, 0) is 22.5 Å². The van der Waals surface area contributed by atoms with Crippen molar-refractivity contribution in [3.8, 4) is 0 Å². The van der Waals surface area contributed by atoms with Crippen LogP contribution in [0.2, 0.25) is 0 Å². The van der Waals surface area contributed by atoms with Crippen molar-refractivity contribution in [1.82, 2.24) is 14.9 Å². The van der Waals surface area contributed by atoms with E-state index in [-0.39, 0.29) is 12.5 Å². The van der Waals surface area contributed by atoms with Gasteiger partial charge in [0.05, 0.1) is 11.0 Å². The molecule has 5 heteroatoms. The molecular weight excluding hydrogens is 314 g/mol. The summed E-state index contributed by atoms with van der Waals surface area (Å²) in [5, 5.41) is 2.86. The lowest BCUT2D eigenvalue weighted by Gasteiger charge is -2.14. The third kappa shape index (κ3) is 5.85. The van der Waals surface area contributed by atoms with Gasteiger partial charge in [-0.2, -0.15) is 0 Å². The van der Waals surface area contributed by atoms with Gasteiger partial charge >= 0.3 is 0 Å². The molecule has 138 valence electrons. The van der Waals surface area contributed by atoms with Crippen molar-refractivity contribution in [1.29, 1.82) is 0 Å². The normalized spacial score (nSPS) is 12.4. The summed E-state index contributed by atoms with van der Waals surface area (Å²) in [5.41, 5.74) is 2.33. The summed E-state index contributed by atoms with van der Waals surface area (Å²) in [6.45, 7) is 6.41. The van der Waals surface area contributed by atoms with Crippen LogP contribution in [0.5, 0.6) is 0 Å². The molecule has 0 saturated heterocycles. The highest BCUT2D eigenvalue weighted by Gasteiger charge is 2.12. The first-order chi connectivity index (χ1) is 12.2. The number of nitrogens with one attached hydrogen (secondary N) is 1. The van der Waals surface area contributed by atoms with Crippen LogP contribution in [0.3, 0.4) is 0 Å². The van der Waals surface area contributed by atoms with Crippen molar-refractivity contribution in [2.24, 2.45) is 5.92 Å². The molecule has 5 nitrogen and oxygen atoms in total. The number of unbranched alkanes of at least 4 members (excludes halogenated alkanes) is 2. The molecule has 0 saturated carbocycles. The van der Waals surface area contributed by atoms with E-state index in [0.29, 0.717) is 12.5 Å². The van der Waals surface area contributed by atoms with E-state index in [1.807, 2.05) is 0 Å². The van der Waals surface area contributed by atoms with E-state index < -0.39 is 0 Å². The molecule has 1 unspecified atom stereocenters. The summed E-state index contributed by atoms with van der Waals surface area (Å²) >= 11 is 0. The highest BCUT2D eigenvalue weighted by Crippen LogP contribution is 2.20. The number of hydrogen-bond donors (Lipinski definition) is 1. The first kappa shape index (κ1) is 19.4. The third-order valence-corrected chi connectivity index (χ3v) is 4.60. The molecule has 1 heterocycles. The molecule has 1 aromatic heterocycles. The number of nitrogens with zero attached hydrogens (tertiary/aromatic N) is 2. The Balaban J connectivity index is 1.87. The predicted octanol–water partition coefficient (Wildman–Crippen LogP) is 3.56. The quantitative estimate of drug-likeness (QED) is 0.634. The molecular formula is C20H31N3O2. The highest BCUT2D eigenvalue weighted by atomic mass is 16.5. The molecule has 1 aromatic carbocycles. The molecule has 1 atom stereocenters. The zero-order valence-electron chi connectivity index (χ0n) is 15.8. The number of carbonyl (C=O) groups excluding carboxylic acids is 1. The van der Waals surface area contributed by atoms with Gasteiger partial charge in [-0.1, -0.05) is 38.8 Å². The second-order valence-electron chi connectivity index (χ2n) is 6.73. The Kier molecular flexibility index (Phi) is 7.92. The van der Waals surface area contributed by atoms with Gasteiger partial charge in [0.25, 0.3) is 0 Å². The Morgan fingerprint density at radius 3 is 2.84 bits per heavy atom. The second-order valence-corrected chi connectivity index (χ2v) is 6.73. The number of methoxy groups -OCH3 is 1. The van der Waals surface area contributed by atoms with Crippen LogP contribution in [0.4, 0.5) is 0 Å². The van der Waals surface area contributed by atoms with Crippen LogP contribution in [0.25, 0.3) is 11.0 Å². The van der Waals surface area contributed by atoms with E-state index >= 15 is 0 Å². The smallest absolute Gasteiger partial charge is 0.245 e. The molecule has 0 aliphatic carbocycles. The minimum atomic E-state index is -0.0437. The summed E-state index contributed by atoms with van der Waals surface area (Å²) in [4.78, 5) is 16.2. The first-order valence-corrected chi connectivity index (χ1v) is 9.35. The van der Waals surface area contributed by atoms with Gasteiger partial charge in [-0.3, -0.25) is 4.79 Å². The Labute approximate surface area is 150 Å². The lowest BCUT2D eigenvalue weighted by Crippen LogP contribution is -2.27. The van der Waals surface area contributed by atoms with Gasteiger partial charge in [-0.05, 0) is 30.9 Å². The van der Waals surface area contributed by atoms with Crippen LogP contribution >= 0.6 is 0 Å². The summed E-state index contributed by atoms with van der Waals surface area (Å²) < 4.78 is 7.19. The van der Waals surface area contributed by atoms with Gasteiger partial charge in [-0.15, -0.1) is 0 Å². The minimum absolute atomic E-state index is 0.0437. The van der Waals surface area contributed by atoms with Crippen molar-refractivity contribution in [2.45, 2.75) is 52.5 Å². The Hall–Kier alpha value is -1.88. The number of amides is 1. The number of carbonyl (C=O) groups is 1. The summed E-state index contributed by atoms with van der Waals surface area (Å²) in [6.07, 6.45) is 5.31. The fraction of sp³-hybridized carbons (Fsp3) is 0.600. The van der Waals surface area contributed by atoms with Gasteiger partial charge in [0.15, 0.2) is 0 Å². The summed E-state index contributed by atoms with van der Waals surface area (Å²) in [6, 6.07) is 8.40. The maximum Gasteiger partial charge on any atom is 0.245 e. The van der Waals surface area contributed by atoms with Gasteiger partial charge in [-0.25, -0.2) is 4.98 Å². The summed E-state index contributed by atoms with van der Waals surface area (Å²) in [5.74, 6) is 1.79. The van der Waals surface area contributed by atoms with Crippen LogP contribution < -0.4 is 5.32 Å². The first-order valence-electron chi connectivity index (χ1n) is 9.35. The van der Waals surface area contributed by atoms with Crippen LogP contribution in [0.15, 0.2) is 24.3 Å². The number of aromatic nitrogens is 2. The Morgan fingerprint density at radius 1 is 1.28 bits per heavy atom. The van der Waals surface area contributed by atoms with E-state index in [1.165, 1.54) is 24.9 Å². The van der Waals surface area contributed by atoms with E-state index in [9.17, 15) is 4.79 Å². The Morgan fingerprint density at radius 2 is 2.08 bits per heavy atom. The van der Waals surface area contributed by atoms with E-state index in [1.54, 1.807) is 0 Å². The van der Waals surface area contributed by atoms with Crippen molar-refractivity contribution >= 4 is 16.9 Å². The average molecular weight is 345 g/mol. The molecule has 1 amide bonds. The monoisotopic (exact) mass is 345 g/mol. The maximum absolute atomic E-state index is 11.3. The number of benzene rings is 1. The lowest BCUT2D eigenvalue weighted by atomic mass is 10.1. The number of rotatable bonds is 11. The average Bonchev–Trinajstić information content (AvgIpc) is 2.95. The molecule has 1 N–H and O–H groups in total. The molecule has 0 bridgehead atoms. The van der Waals surface area contributed by atoms with E-state index in [0.717, 1.165) is 37.7 Å². The topological polar surface area (TPSA) is 56.2 Å². The standard InChI is InChI=1S/C20H31N3O2/c1-4-16(2)14-23-18-11-8-7-10-17(18)22-19(23)12-6-5-9-13-21-20(24)15-25-3/h7-8,10-11,16H,4-6,9,12-15H2,1-3H3,(H,21,24). The van der Waals surface area contributed by atoms with Gasteiger partial charge in [0.2, 0.25) is 5.91 Å². The van der Waals surface area contributed by atoms with Crippen molar-refractivity contribution in [2.75, 3.05) is 20.3 Å². The number of fused-ring (bicyclic) bond motifs is 1. The zero-order chi connectivity index (χ0) is 18.1. The lowest BCUT2D eigenvalue weighted by molar-refractivity contribution is -0.124. The largest absolute Gasteiger partial charge is 0.375 e. The highest BCUT2D eigenvalue weighted by molar-refractivity contribution is 5.77. The minimum Gasteiger partial charge on any atom is -0.375 e. The van der Waals surface area contributed by atoms with Gasteiger partial charge < -0.3 is 14.6 Å². The van der Waals surface area contributed by atoms with Gasteiger partial charge in [0, 0.05) is 26.6 Å². The second kappa shape index (κ2) is 10.2. The van der Waals surface area contributed by atoms with Crippen molar-refractivity contribution in [3.05, 3.63) is 30.1 Å². The molecule has 2 aromatic rings. The number of hydrogen-bond acceptors (Lipinski definition) is 3. The van der Waals surface area contributed by atoms with Gasteiger partial charge in [0.1, 0.15) is 12.4 Å². The number of aryl methyl sites for hydroxylation is 1. The van der Waals surface area contributed by atoms with E-state index in [4.69, 9.17) is 9.72 Å². The Bertz CT molecular complexity index is 666. The molecule has 0 aliphatic heterocycles. The zero-order valence-corrected chi connectivity index (χ0v) is 15.8. The molecule has 0 radical (unpaired) electrons. The molecule has 25 heavy (non-hydrogen) atoms. The van der Waals surface area contributed by atoms with Crippen LogP contribution in [-0.4, -0.2) is 35.7 Å².